The zero-order valence-electron chi connectivity index (χ0n) is 12.4. The highest BCUT2D eigenvalue weighted by atomic mass is 32.2. The predicted octanol–water partition coefficient (Wildman–Crippen LogP) is 0.788. The summed E-state index contributed by atoms with van der Waals surface area (Å²) in [7, 11) is -3.53. The van der Waals surface area contributed by atoms with Crippen molar-refractivity contribution in [2.24, 2.45) is 0 Å². The maximum absolute atomic E-state index is 12.8. The molecule has 7 nitrogen and oxygen atoms in total. The van der Waals surface area contributed by atoms with E-state index in [4.69, 9.17) is 0 Å². The lowest BCUT2D eigenvalue weighted by molar-refractivity contribution is -0.121. The van der Waals surface area contributed by atoms with Gasteiger partial charge >= 0.3 is 0 Å². The van der Waals surface area contributed by atoms with E-state index < -0.39 is 15.7 Å². The van der Waals surface area contributed by atoms with Crippen LogP contribution in [0.3, 0.4) is 0 Å². The molecular weight excluding hydrogens is 323 g/mol. The van der Waals surface area contributed by atoms with Gasteiger partial charge in [0.25, 0.3) is 0 Å². The van der Waals surface area contributed by atoms with E-state index in [1.54, 1.807) is 11.0 Å². The summed E-state index contributed by atoms with van der Waals surface area (Å²) in [5, 5.41) is 6.48. The first-order chi connectivity index (χ1) is 11.0. The molecule has 0 bridgehead atoms. The van der Waals surface area contributed by atoms with Gasteiger partial charge in [-0.2, -0.15) is 5.10 Å². The molecule has 1 N–H and O–H groups in total. The fraction of sp³-hybridized carbons (Fsp3) is 0.357. The van der Waals surface area contributed by atoms with Gasteiger partial charge < -0.3 is 5.32 Å². The number of halogens is 1. The Morgan fingerprint density at radius 3 is 2.65 bits per heavy atom. The van der Waals surface area contributed by atoms with Crippen LogP contribution < -0.4 is 5.32 Å². The standard InChI is InChI=1S/C14H17FN4O3S/c15-12-3-5-13(6-4-12)23(21,22)9-7-17-14(20)2-1-8-19-11-16-10-18-19/h3-6,10-11H,1-2,7-9H2,(H,17,20). The summed E-state index contributed by atoms with van der Waals surface area (Å²) in [5.41, 5.74) is 0. The summed E-state index contributed by atoms with van der Waals surface area (Å²) >= 11 is 0. The molecule has 0 atom stereocenters. The average Bonchev–Trinajstić information content (AvgIpc) is 3.01. The van der Waals surface area contributed by atoms with Gasteiger partial charge in [-0.15, -0.1) is 0 Å². The van der Waals surface area contributed by atoms with Crippen LogP contribution in [0.5, 0.6) is 0 Å². The minimum absolute atomic E-state index is 0.0157. The number of nitrogens with one attached hydrogen (secondary N) is 1. The van der Waals surface area contributed by atoms with Gasteiger partial charge in [-0.25, -0.2) is 17.8 Å². The van der Waals surface area contributed by atoms with Crippen LogP contribution >= 0.6 is 0 Å². The fourth-order valence-electron chi connectivity index (χ4n) is 1.92. The lowest BCUT2D eigenvalue weighted by atomic mass is 10.3. The van der Waals surface area contributed by atoms with Crippen molar-refractivity contribution < 1.29 is 17.6 Å². The number of hydrogen-bond donors (Lipinski definition) is 1. The number of benzene rings is 1. The summed E-state index contributed by atoms with van der Waals surface area (Å²) in [6, 6.07) is 4.61. The quantitative estimate of drug-likeness (QED) is 0.717. The monoisotopic (exact) mass is 340 g/mol. The molecule has 2 aromatic rings. The fourth-order valence-corrected chi connectivity index (χ4v) is 3.08. The number of hydrogen-bond acceptors (Lipinski definition) is 5. The number of rotatable bonds is 8. The molecule has 0 radical (unpaired) electrons. The maximum atomic E-state index is 12.8. The van der Waals surface area contributed by atoms with E-state index in [1.165, 1.54) is 18.5 Å². The normalized spacial score (nSPS) is 11.3. The minimum Gasteiger partial charge on any atom is -0.355 e. The first-order valence-electron chi connectivity index (χ1n) is 7.05. The highest BCUT2D eigenvalue weighted by Crippen LogP contribution is 2.11. The summed E-state index contributed by atoms with van der Waals surface area (Å²) in [5.74, 6) is -0.947. The second-order valence-corrected chi connectivity index (χ2v) is 6.99. The van der Waals surface area contributed by atoms with Crippen LogP contribution in [0, 0.1) is 5.82 Å². The molecule has 0 saturated carbocycles. The molecule has 124 valence electrons. The molecule has 0 aliphatic heterocycles. The third kappa shape index (κ3) is 5.44. The molecule has 1 heterocycles. The van der Waals surface area contributed by atoms with Crippen molar-refractivity contribution in [3.63, 3.8) is 0 Å². The molecule has 0 spiro atoms. The van der Waals surface area contributed by atoms with E-state index in [-0.39, 0.29) is 29.5 Å². The Morgan fingerprint density at radius 1 is 1.26 bits per heavy atom. The molecule has 0 fully saturated rings. The van der Waals surface area contributed by atoms with E-state index in [0.717, 1.165) is 12.1 Å². The Kier molecular flexibility index (Phi) is 5.80. The molecule has 1 aromatic carbocycles. The molecule has 1 amide bonds. The van der Waals surface area contributed by atoms with Crippen LogP contribution in [-0.2, 0) is 21.2 Å². The van der Waals surface area contributed by atoms with E-state index in [1.807, 2.05) is 0 Å². The number of aryl methyl sites for hydroxylation is 1. The Bertz CT molecular complexity index is 730. The smallest absolute Gasteiger partial charge is 0.220 e. The Morgan fingerprint density at radius 2 is 2.00 bits per heavy atom. The number of amides is 1. The van der Waals surface area contributed by atoms with Gasteiger partial charge in [0, 0.05) is 19.5 Å². The zero-order chi connectivity index (χ0) is 16.7. The average molecular weight is 340 g/mol. The van der Waals surface area contributed by atoms with Gasteiger partial charge in [-0.1, -0.05) is 0 Å². The Hall–Kier alpha value is -2.29. The molecule has 1 aromatic heterocycles. The van der Waals surface area contributed by atoms with Crippen molar-refractivity contribution >= 4 is 15.7 Å². The van der Waals surface area contributed by atoms with Crippen molar-refractivity contribution in [1.82, 2.24) is 20.1 Å². The van der Waals surface area contributed by atoms with Gasteiger partial charge in [-0.3, -0.25) is 9.48 Å². The summed E-state index contributed by atoms with van der Waals surface area (Å²) in [6.45, 7) is 0.586. The maximum Gasteiger partial charge on any atom is 0.220 e. The van der Waals surface area contributed by atoms with Gasteiger partial charge in [0.05, 0.1) is 10.6 Å². The van der Waals surface area contributed by atoms with Crippen LogP contribution in [0.25, 0.3) is 0 Å². The second kappa shape index (κ2) is 7.82. The molecule has 0 unspecified atom stereocenters. The summed E-state index contributed by atoms with van der Waals surface area (Å²) < 4.78 is 38.4. The van der Waals surface area contributed by atoms with Crippen molar-refractivity contribution in [3.05, 3.63) is 42.7 Å². The van der Waals surface area contributed by atoms with E-state index >= 15 is 0 Å². The number of carbonyl (C=O) groups is 1. The third-order valence-electron chi connectivity index (χ3n) is 3.12. The van der Waals surface area contributed by atoms with Gasteiger partial charge in [0.2, 0.25) is 5.91 Å². The Balaban J connectivity index is 1.71. The van der Waals surface area contributed by atoms with Crippen LogP contribution in [0.1, 0.15) is 12.8 Å². The largest absolute Gasteiger partial charge is 0.355 e. The Labute approximate surface area is 133 Å². The summed E-state index contributed by atoms with van der Waals surface area (Å²) in [6.07, 6.45) is 3.84. The second-order valence-electron chi connectivity index (χ2n) is 4.88. The number of nitrogens with zero attached hydrogens (tertiary/aromatic N) is 3. The van der Waals surface area contributed by atoms with Gasteiger partial charge in [0.15, 0.2) is 9.84 Å². The van der Waals surface area contributed by atoms with Crippen molar-refractivity contribution in [1.29, 1.82) is 0 Å². The lowest BCUT2D eigenvalue weighted by Crippen LogP contribution is -2.29. The van der Waals surface area contributed by atoms with Crippen molar-refractivity contribution in [2.45, 2.75) is 24.3 Å². The topological polar surface area (TPSA) is 93.9 Å². The molecule has 0 aliphatic rings. The van der Waals surface area contributed by atoms with Crippen molar-refractivity contribution in [3.8, 4) is 0 Å². The molecule has 2 rings (SSSR count). The number of sulfone groups is 1. The predicted molar refractivity (Wildman–Crippen MR) is 80.7 cm³/mol. The van der Waals surface area contributed by atoms with E-state index in [2.05, 4.69) is 15.4 Å². The van der Waals surface area contributed by atoms with Crippen molar-refractivity contribution in [2.75, 3.05) is 12.3 Å². The van der Waals surface area contributed by atoms with E-state index in [0.29, 0.717) is 13.0 Å². The minimum atomic E-state index is -3.53. The van der Waals surface area contributed by atoms with Crippen LogP contribution in [-0.4, -0.2) is 41.4 Å². The van der Waals surface area contributed by atoms with Crippen LogP contribution in [0.2, 0.25) is 0 Å². The molecule has 0 saturated heterocycles. The first-order valence-corrected chi connectivity index (χ1v) is 8.70. The number of carbonyl (C=O) groups excluding carboxylic acids is 1. The van der Waals surface area contributed by atoms with Gasteiger partial charge in [0.1, 0.15) is 18.5 Å². The summed E-state index contributed by atoms with van der Waals surface area (Å²) in [4.78, 5) is 15.5. The molecule has 9 heteroatoms. The van der Waals surface area contributed by atoms with Crippen LogP contribution in [0.15, 0.2) is 41.8 Å². The van der Waals surface area contributed by atoms with Crippen LogP contribution in [0.4, 0.5) is 4.39 Å². The number of aromatic nitrogens is 3. The lowest BCUT2D eigenvalue weighted by Gasteiger charge is -2.07. The highest BCUT2D eigenvalue weighted by Gasteiger charge is 2.14. The molecular formula is C14H17FN4O3S. The van der Waals surface area contributed by atoms with E-state index in [9.17, 15) is 17.6 Å². The molecule has 0 aliphatic carbocycles. The molecule has 23 heavy (non-hydrogen) atoms. The first kappa shape index (κ1) is 17.1. The SMILES string of the molecule is O=C(CCCn1cncn1)NCCS(=O)(=O)c1ccc(F)cc1. The zero-order valence-corrected chi connectivity index (χ0v) is 13.2. The highest BCUT2D eigenvalue weighted by molar-refractivity contribution is 7.91. The third-order valence-corrected chi connectivity index (χ3v) is 4.86. The van der Waals surface area contributed by atoms with Gasteiger partial charge in [-0.05, 0) is 30.7 Å².